The summed E-state index contributed by atoms with van der Waals surface area (Å²) in [6.45, 7) is 8.17. The number of epoxide rings is 1. The number of quaternary nitrogens is 1. The van der Waals surface area contributed by atoms with E-state index in [1.54, 1.807) is 6.07 Å². The van der Waals surface area contributed by atoms with Gasteiger partial charge >= 0.3 is 18.1 Å². The summed E-state index contributed by atoms with van der Waals surface area (Å²) >= 11 is 0. The van der Waals surface area contributed by atoms with Gasteiger partial charge in [-0.1, -0.05) is 13.0 Å². The highest BCUT2D eigenvalue weighted by molar-refractivity contribution is 6.26. The average molecular weight is 569 g/mol. The number of hydrogen-bond donors (Lipinski definition) is 2. The number of carboxylic acid groups (broad SMARTS) is 2. The zero-order valence-corrected chi connectivity index (χ0v) is 22.5. The first-order valence-corrected chi connectivity index (χ1v) is 13.9. The first kappa shape index (κ1) is 28.7. The SMILES string of the molecule is CC1CCC2C(C[NH+]3CCN(c4cccc(C(F)(F)F)c4)CC3)C(=O)OC23C1CCC1(C)OC13.O=C([O-])C(=O)O. The molecule has 40 heavy (non-hydrogen) atoms. The van der Waals surface area contributed by atoms with Gasteiger partial charge in [0, 0.05) is 17.5 Å². The topological polar surface area (TPSA) is 124 Å². The Morgan fingerprint density at radius 1 is 1.18 bits per heavy atom. The fourth-order valence-electron chi connectivity index (χ4n) is 7.76. The van der Waals surface area contributed by atoms with Crippen LogP contribution in [0.5, 0.6) is 0 Å². The Kier molecular flexibility index (Phi) is 7.31. The Labute approximate surface area is 230 Å². The lowest BCUT2D eigenvalue weighted by Crippen LogP contribution is -3.15. The van der Waals surface area contributed by atoms with Gasteiger partial charge in [0.25, 0.3) is 0 Å². The first-order chi connectivity index (χ1) is 18.8. The van der Waals surface area contributed by atoms with E-state index < -0.39 is 29.3 Å². The largest absolute Gasteiger partial charge is 0.539 e. The maximum absolute atomic E-state index is 13.2. The lowest BCUT2D eigenvalue weighted by atomic mass is 9.55. The number of nitrogens with zero attached hydrogens (tertiary/aromatic N) is 1. The third-order valence-corrected chi connectivity index (χ3v) is 9.78. The number of benzene rings is 1. The molecular formula is C28H35F3N2O7. The predicted molar refractivity (Wildman–Crippen MR) is 132 cm³/mol. The molecule has 1 aromatic rings. The molecule has 3 saturated heterocycles. The van der Waals surface area contributed by atoms with Crippen LogP contribution in [0.2, 0.25) is 0 Å². The molecule has 2 saturated carbocycles. The third kappa shape index (κ3) is 5.04. The van der Waals surface area contributed by atoms with Crippen LogP contribution in [0.1, 0.15) is 45.1 Å². The molecule has 2 aliphatic carbocycles. The number of halogens is 3. The number of aliphatic carboxylic acids is 2. The van der Waals surface area contributed by atoms with Crippen LogP contribution in [0.3, 0.4) is 0 Å². The summed E-state index contributed by atoms with van der Waals surface area (Å²) in [4.78, 5) is 34.6. The van der Waals surface area contributed by atoms with E-state index >= 15 is 0 Å². The van der Waals surface area contributed by atoms with Crippen molar-refractivity contribution in [3.05, 3.63) is 29.8 Å². The number of alkyl halides is 3. The smallest absolute Gasteiger partial charge is 0.416 e. The molecule has 0 aromatic heterocycles. The molecule has 9 nitrogen and oxygen atoms in total. The molecule has 0 bridgehead atoms. The van der Waals surface area contributed by atoms with E-state index in [1.165, 1.54) is 17.0 Å². The van der Waals surface area contributed by atoms with E-state index in [4.69, 9.17) is 29.3 Å². The Balaban J connectivity index is 0.000000487. The van der Waals surface area contributed by atoms with Gasteiger partial charge in [0.2, 0.25) is 0 Å². The summed E-state index contributed by atoms with van der Waals surface area (Å²) < 4.78 is 51.9. The number of carbonyl (C=O) groups excluding carboxylic acids is 2. The van der Waals surface area contributed by atoms with Crippen LogP contribution in [-0.4, -0.2) is 73.0 Å². The van der Waals surface area contributed by atoms with Crippen molar-refractivity contribution in [2.45, 2.75) is 63.0 Å². The predicted octanol–water partition coefficient (Wildman–Crippen LogP) is 0.757. The molecule has 12 heteroatoms. The van der Waals surface area contributed by atoms with Crippen LogP contribution >= 0.6 is 0 Å². The molecule has 220 valence electrons. The summed E-state index contributed by atoms with van der Waals surface area (Å²) in [7, 11) is 0. The molecule has 5 aliphatic rings. The van der Waals surface area contributed by atoms with Crippen molar-refractivity contribution in [1.29, 1.82) is 0 Å². The summed E-state index contributed by atoms with van der Waals surface area (Å²) in [5.41, 5.74) is -0.581. The Morgan fingerprint density at radius 3 is 2.48 bits per heavy atom. The van der Waals surface area contributed by atoms with Crippen LogP contribution in [0.15, 0.2) is 24.3 Å². The number of hydrogen-bond acceptors (Lipinski definition) is 7. The van der Waals surface area contributed by atoms with Crippen LogP contribution in [0.4, 0.5) is 18.9 Å². The van der Waals surface area contributed by atoms with Crippen molar-refractivity contribution >= 4 is 23.6 Å². The van der Waals surface area contributed by atoms with Gasteiger partial charge in [0.05, 0.1) is 43.9 Å². The second-order valence-electron chi connectivity index (χ2n) is 12.1. The molecule has 1 spiro atoms. The molecule has 7 atom stereocenters. The van der Waals surface area contributed by atoms with Crippen molar-refractivity contribution in [3.63, 3.8) is 0 Å². The number of rotatable bonds is 3. The fraction of sp³-hybridized carbons (Fsp3) is 0.679. The number of fused-ring (bicyclic) bond motifs is 1. The Bertz CT molecular complexity index is 1160. The number of carboxylic acids is 2. The van der Waals surface area contributed by atoms with Crippen LogP contribution in [0, 0.1) is 23.7 Å². The monoisotopic (exact) mass is 568 g/mol. The number of ether oxygens (including phenoxy) is 2. The molecule has 2 N–H and O–H groups in total. The van der Waals surface area contributed by atoms with E-state index in [0.717, 1.165) is 51.4 Å². The fourth-order valence-corrected chi connectivity index (χ4v) is 7.76. The van der Waals surface area contributed by atoms with Crippen LogP contribution < -0.4 is 14.9 Å². The first-order valence-electron chi connectivity index (χ1n) is 13.9. The van der Waals surface area contributed by atoms with Crippen molar-refractivity contribution in [2.75, 3.05) is 37.6 Å². The Morgan fingerprint density at radius 2 is 1.85 bits per heavy atom. The molecule has 0 amide bonds. The van der Waals surface area contributed by atoms with Crippen molar-refractivity contribution in [3.8, 4) is 0 Å². The van der Waals surface area contributed by atoms with Gasteiger partial charge in [0.1, 0.15) is 17.6 Å². The van der Waals surface area contributed by atoms with E-state index in [2.05, 4.69) is 13.8 Å². The summed E-state index contributed by atoms with van der Waals surface area (Å²) in [5.74, 6) is -3.05. The molecule has 0 radical (unpaired) electrons. The van der Waals surface area contributed by atoms with Crippen LogP contribution in [-0.2, 0) is 30.0 Å². The average Bonchev–Trinajstić information content (AvgIpc) is 3.53. The van der Waals surface area contributed by atoms with Gasteiger partial charge < -0.3 is 34.3 Å². The molecule has 3 heterocycles. The van der Waals surface area contributed by atoms with Gasteiger partial charge in [-0.2, -0.15) is 13.2 Å². The second kappa shape index (κ2) is 10.2. The molecule has 3 aliphatic heterocycles. The number of piperazine rings is 1. The molecule has 5 fully saturated rings. The molecular weight excluding hydrogens is 533 g/mol. The van der Waals surface area contributed by atoms with Crippen LogP contribution in [0.25, 0.3) is 0 Å². The molecule has 6 rings (SSSR count). The lowest BCUT2D eigenvalue weighted by Gasteiger charge is -2.50. The highest BCUT2D eigenvalue weighted by Crippen LogP contribution is 2.66. The van der Waals surface area contributed by atoms with E-state index in [9.17, 15) is 18.0 Å². The Hall–Kier alpha value is -2.86. The van der Waals surface area contributed by atoms with Crippen molar-refractivity contribution < 1.29 is 52.1 Å². The minimum Gasteiger partial charge on any atom is -0.539 e. The van der Waals surface area contributed by atoms with Gasteiger partial charge in [-0.15, -0.1) is 0 Å². The van der Waals surface area contributed by atoms with Crippen molar-refractivity contribution in [2.24, 2.45) is 23.7 Å². The highest BCUT2D eigenvalue weighted by Gasteiger charge is 2.77. The number of esters is 1. The maximum Gasteiger partial charge on any atom is 0.416 e. The normalized spacial score (nSPS) is 36.8. The van der Waals surface area contributed by atoms with Gasteiger partial charge in [0.15, 0.2) is 5.97 Å². The standard InChI is InChI=1S/C26H33F3N2O3.C2H2O4/c1-16-6-7-21-19(22(32)33-25(21)20(16)8-9-24(2)23(25)34-24)15-30-10-12-31(13-11-30)18-5-3-4-17(14-18)26(27,28)29;3-1(4)2(5)6/h3-5,14,16,19-21,23H,6-13,15H2,1-2H3;(H,3,4)(H,5,6). The number of anilines is 1. The van der Waals surface area contributed by atoms with Gasteiger partial charge in [-0.25, -0.2) is 4.79 Å². The van der Waals surface area contributed by atoms with E-state index in [-0.39, 0.29) is 29.5 Å². The second-order valence-corrected chi connectivity index (χ2v) is 12.1. The van der Waals surface area contributed by atoms with E-state index in [1.807, 2.05) is 4.90 Å². The third-order valence-electron chi connectivity index (χ3n) is 9.78. The minimum atomic E-state index is -4.34. The number of nitrogens with one attached hydrogen (secondary N) is 1. The van der Waals surface area contributed by atoms with Gasteiger partial charge in [-0.05, 0) is 56.7 Å². The maximum atomic E-state index is 13.2. The van der Waals surface area contributed by atoms with E-state index in [0.29, 0.717) is 30.6 Å². The quantitative estimate of drug-likeness (QED) is 0.311. The van der Waals surface area contributed by atoms with Crippen molar-refractivity contribution in [1.82, 2.24) is 0 Å². The zero-order chi connectivity index (χ0) is 29.0. The summed E-state index contributed by atoms with van der Waals surface area (Å²) in [6.07, 6.45) is -0.0510. The lowest BCUT2D eigenvalue weighted by molar-refractivity contribution is -0.903. The highest BCUT2D eigenvalue weighted by atomic mass is 19.4. The van der Waals surface area contributed by atoms with Gasteiger partial charge in [-0.3, -0.25) is 4.79 Å². The summed E-state index contributed by atoms with van der Waals surface area (Å²) in [5, 5.41) is 16.3. The molecule has 1 aromatic carbocycles. The minimum absolute atomic E-state index is 0.0354. The molecule has 7 unspecified atom stereocenters. The number of carbonyl (C=O) groups is 3. The zero-order valence-electron chi connectivity index (χ0n) is 22.5. The summed E-state index contributed by atoms with van der Waals surface area (Å²) in [6, 6.07) is 5.58.